The summed E-state index contributed by atoms with van der Waals surface area (Å²) in [5.41, 5.74) is -3.86. The Balaban J connectivity index is 0.000000199. The van der Waals surface area contributed by atoms with E-state index in [2.05, 4.69) is 10.6 Å². The van der Waals surface area contributed by atoms with Crippen LogP contribution in [0.15, 0.2) is 88.7 Å². The van der Waals surface area contributed by atoms with Gasteiger partial charge in [-0.25, -0.2) is 26.3 Å². The van der Waals surface area contributed by atoms with Crippen molar-refractivity contribution in [3.05, 3.63) is 174 Å². The molecule has 0 unspecified atom stereocenters. The van der Waals surface area contributed by atoms with Gasteiger partial charge in [0.15, 0.2) is 29.1 Å². The number of aromatic hydroxyl groups is 1. The molecule has 4 atom stereocenters. The Morgan fingerprint density at radius 3 is 1.74 bits per heavy atom. The lowest BCUT2D eigenvalue weighted by Crippen LogP contribution is -2.58. The number of fused-ring (bicyclic) bond motifs is 8. The molecule has 5 aromatic rings. The van der Waals surface area contributed by atoms with E-state index in [0.717, 1.165) is 6.20 Å². The molecule has 18 nitrogen and oxygen atoms in total. The van der Waals surface area contributed by atoms with Crippen LogP contribution in [0, 0.1) is 34.9 Å². The van der Waals surface area contributed by atoms with Crippen LogP contribution in [-0.4, -0.2) is 100.0 Å². The van der Waals surface area contributed by atoms with Gasteiger partial charge in [0.05, 0.1) is 0 Å². The Labute approximate surface area is 411 Å². The Morgan fingerprint density at radius 1 is 0.671 bits per heavy atom. The SMILES string of the molecule is CO[C@@H]1C=C[C@H](C)N2CN1n1cc(C(=O)NCc3c(F)cc(F)cc3F)c(=O)c(OCc3ccccc3)c1C2=O.CO[C@@H]1CC[C@H](C)N2CN1n1cc(C(=O)NCc3c(F)cc(F)cc3F)c(=O)c(O)c1C2=O. The smallest absolute Gasteiger partial charge is 0.278 e. The van der Waals surface area contributed by atoms with Crippen molar-refractivity contribution in [2.75, 3.05) is 37.6 Å². The number of amides is 4. The highest BCUT2D eigenvalue weighted by molar-refractivity contribution is 6.00. The second-order valence-electron chi connectivity index (χ2n) is 17.2. The summed E-state index contributed by atoms with van der Waals surface area (Å²) >= 11 is 0. The molecule has 4 bridgehead atoms. The van der Waals surface area contributed by atoms with E-state index in [1.165, 1.54) is 39.6 Å². The largest absolute Gasteiger partial charge is 0.502 e. The van der Waals surface area contributed by atoms with Crippen LogP contribution in [0.1, 0.15) is 85.1 Å². The number of hydrogen-bond donors (Lipinski definition) is 3. The number of halogens is 6. The Bertz CT molecular complexity index is 3130. The molecule has 0 radical (unpaired) electrons. The molecule has 0 saturated carbocycles. The van der Waals surface area contributed by atoms with E-state index in [-0.39, 0.29) is 49.2 Å². The van der Waals surface area contributed by atoms with Crippen LogP contribution in [0.4, 0.5) is 26.3 Å². The van der Waals surface area contributed by atoms with Crippen molar-refractivity contribution in [1.82, 2.24) is 29.8 Å². The van der Waals surface area contributed by atoms with Crippen LogP contribution in [0.3, 0.4) is 0 Å². The summed E-state index contributed by atoms with van der Waals surface area (Å²) in [6.07, 6.45) is 5.77. The van der Waals surface area contributed by atoms with Gasteiger partial charge in [0, 0.05) is 87.2 Å². The number of nitrogens with one attached hydrogen (secondary N) is 2. The molecule has 1 fully saturated rings. The molecule has 1 saturated heterocycles. The molecule has 0 spiro atoms. The first-order valence-corrected chi connectivity index (χ1v) is 22.5. The quantitative estimate of drug-likeness (QED) is 0.124. The number of carbonyl (C=O) groups excluding carboxylic acids is 4. The van der Waals surface area contributed by atoms with E-state index in [1.807, 2.05) is 19.9 Å². The molecule has 3 N–H and O–H groups in total. The minimum atomic E-state index is -1.20. The van der Waals surface area contributed by atoms with Crippen LogP contribution in [0.5, 0.6) is 11.5 Å². The summed E-state index contributed by atoms with van der Waals surface area (Å²) in [6, 6.07) is 10.3. The lowest BCUT2D eigenvalue weighted by atomic mass is 10.1. The third-order valence-electron chi connectivity index (χ3n) is 12.7. The fraction of sp³-hybridized carbons (Fsp3) is 0.306. The van der Waals surface area contributed by atoms with Gasteiger partial charge in [-0.1, -0.05) is 36.4 Å². The van der Waals surface area contributed by atoms with E-state index in [9.17, 15) is 60.2 Å². The second kappa shape index (κ2) is 20.9. The van der Waals surface area contributed by atoms with Crippen molar-refractivity contribution < 1.29 is 64.8 Å². The van der Waals surface area contributed by atoms with E-state index in [4.69, 9.17) is 14.2 Å². The second-order valence-corrected chi connectivity index (χ2v) is 17.2. The van der Waals surface area contributed by atoms with Crippen LogP contribution < -0.4 is 36.2 Å². The summed E-state index contributed by atoms with van der Waals surface area (Å²) in [6.45, 7) is 2.43. The summed E-state index contributed by atoms with van der Waals surface area (Å²) in [4.78, 5) is 81.9. The van der Waals surface area contributed by atoms with Gasteiger partial charge in [-0.15, -0.1) is 0 Å². The Hall–Kier alpha value is -8.12. The van der Waals surface area contributed by atoms with E-state index in [0.29, 0.717) is 42.7 Å². The Kier molecular flexibility index (Phi) is 14.7. The third kappa shape index (κ3) is 9.94. The van der Waals surface area contributed by atoms with Crippen LogP contribution in [0.2, 0.25) is 0 Å². The molecule has 4 amide bonds. The van der Waals surface area contributed by atoms with Crippen LogP contribution in [0.25, 0.3) is 0 Å². The fourth-order valence-corrected chi connectivity index (χ4v) is 8.69. The van der Waals surface area contributed by atoms with E-state index < -0.39 is 123 Å². The zero-order valence-corrected chi connectivity index (χ0v) is 39.3. The van der Waals surface area contributed by atoms with Gasteiger partial charge < -0.3 is 39.8 Å². The maximum absolute atomic E-state index is 14.1. The monoisotopic (exact) mass is 1020 g/mol. The van der Waals surface area contributed by atoms with Crippen molar-refractivity contribution in [3.63, 3.8) is 0 Å². The van der Waals surface area contributed by atoms with Gasteiger partial charge in [0.25, 0.3) is 23.6 Å². The maximum Gasteiger partial charge on any atom is 0.278 e. The molecule has 6 heterocycles. The Morgan fingerprint density at radius 2 is 1.19 bits per heavy atom. The molecule has 384 valence electrons. The summed E-state index contributed by atoms with van der Waals surface area (Å²) < 4.78 is 102. The van der Waals surface area contributed by atoms with Gasteiger partial charge in [0.2, 0.25) is 10.9 Å². The molecule has 4 aliphatic heterocycles. The number of benzene rings is 3. The normalized spacial score (nSPS) is 18.8. The first kappa shape index (κ1) is 51.2. The summed E-state index contributed by atoms with van der Waals surface area (Å²) in [5.74, 6) is -11.4. The molecule has 9 rings (SSSR count). The van der Waals surface area contributed by atoms with Gasteiger partial charge >= 0.3 is 0 Å². The third-order valence-corrected chi connectivity index (χ3v) is 12.7. The van der Waals surface area contributed by atoms with Gasteiger partial charge in [-0.3, -0.25) is 48.1 Å². The number of rotatable bonds is 11. The van der Waals surface area contributed by atoms with Gasteiger partial charge in [-0.2, -0.15) is 0 Å². The highest BCUT2D eigenvalue weighted by Gasteiger charge is 2.42. The fourth-order valence-electron chi connectivity index (χ4n) is 8.69. The number of aromatic nitrogens is 2. The number of nitrogens with zero attached hydrogens (tertiary/aromatic N) is 6. The summed E-state index contributed by atoms with van der Waals surface area (Å²) in [5, 5.41) is 18.3. The molecule has 3 aromatic carbocycles. The highest BCUT2D eigenvalue weighted by Crippen LogP contribution is 2.31. The zero-order chi connectivity index (χ0) is 52.6. The topological polar surface area (TPSA) is 197 Å². The predicted octanol–water partition coefficient (Wildman–Crippen LogP) is 4.46. The van der Waals surface area contributed by atoms with Crippen LogP contribution in [-0.2, 0) is 29.2 Å². The zero-order valence-electron chi connectivity index (χ0n) is 39.3. The molecule has 73 heavy (non-hydrogen) atoms. The standard InChI is InChI=1S/C28H25F3N4O5.C21H21F3N4O5/c1-16-8-9-23(39-2)35-15-33(16)28(38)24-26(40-14-17-6-4-3-5-7-17)25(36)20(13-34(24)35)27(37)32-12-19-21(30)10-18(29)11-22(19)31;1-10-3-4-16(33-2)28-9-26(10)21(32)17-19(30)18(29)13(8-27(17)28)20(31)25-7-12-14(23)5-11(22)6-15(12)24/h3-11,13,16,23H,12,14-15H2,1-2H3,(H,32,37);5-6,8,10,16,30H,3-4,7,9H2,1-2H3,(H,25,31)/t16-,23+;10-,16+/m00/s1. The van der Waals surface area contributed by atoms with Gasteiger partial charge in [-0.05, 0) is 38.3 Å². The lowest BCUT2D eigenvalue weighted by molar-refractivity contribution is 0.0487. The minimum Gasteiger partial charge on any atom is -0.502 e. The first-order chi connectivity index (χ1) is 34.8. The maximum atomic E-state index is 14.1. The molecule has 2 aromatic heterocycles. The van der Waals surface area contributed by atoms with E-state index >= 15 is 0 Å². The molecule has 0 aliphatic carbocycles. The number of pyridine rings is 2. The minimum absolute atomic E-state index is 0.0745. The highest BCUT2D eigenvalue weighted by atomic mass is 19.2. The van der Waals surface area contributed by atoms with Crippen molar-refractivity contribution in [2.24, 2.45) is 0 Å². The average molecular weight is 1020 g/mol. The molecular formula is C49H46F6N8O10. The molecular weight excluding hydrogens is 975 g/mol. The van der Waals surface area contributed by atoms with Crippen molar-refractivity contribution >= 4 is 23.6 Å². The first-order valence-electron chi connectivity index (χ1n) is 22.5. The average Bonchev–Trinajstić information content (AvgIpc) is 3.60. The number of ether oxygens (including phenoxy) is 3. The van der Waals surface area contributed by atoms with Gasteiger partial charge in [0.1, 0.15) is 72.2 Å². The van der Waals surface area contributed by atoms with E-state index in [1.54, 1.807) is 46.4 Å². The number of methoxy groups -OCH3 is 2. The van der Waals surface area contributed by atoms with Crippen molar-refractivity contribution in [2.45, 2.75) is 70.9 Å². The van der Waals surface area contributed by atoms with Crippen molar-refractivity contribution in [1.29, 1.82) is 0 Å². The predicted molar refractivity (Wildman–Crippen MR) is 246 cm³/mol. The number of hydrogen-bond acceptors (Lipinski definition) is 12. The lowest BCUT2D eigenvalue weighted by Gasteiger charge is -2.42. The number of carbonyl (C=O) groups is 4. The van der Waals surface area contributed by atoms with Crippen LogP contribution >= 0.6 is 0 Å². The molecule has 4 aliphatic rings. The molecule has 24 heteroatoms. The van der Waals surface area contributed by atoms with Crippen molar-refractivity contribution in [3.8, 4) is 11.5 Å². The summed E-state index contributed by atoms with van der Waals surface area (Å²) in [7, 11) is 2.95.